The third-order valence-corrected chi connectivity index (χ3v) is 4.48. The minimum Gasteiger partial charge on any atom is -0.478 e. The molecule has 2 aromatic carbocycles. The van der Waals surface area contributed by atoms with Crippen molar-refractivity contribution >= 4 is 44.9 Å². The standard InChI is InChI=1S/C13H9Cl2NO4S/c14-9-2-1-3-10(7-9)21(19,20)16-12-5-4-8(13(17)18)6-11(12)15/h1-7,16H,(H,17,18). The maximum absolute atomic E-state index is 12.2. The first-order valence-corrected chi connectivity index (χ1v) is 7.85. The highest BCUT2D eigenvalue weighted by Crippen LogP contribution is 2.26. The molecule has 5 nitrogen and oxygen atoms in total. The second kappa shape index (κ2) is 5.93. The maximum Gasteiger partial charge on any atom is 0.335 e. The van der Waals surface area contributed by atoms with E-state index in [0.29, 0.717) is 0 Å². The number of anilines is 1. The van der Waals surface area contributed by atoms with E-state index in [1.54, 1.807) is 6.07 Å². The van der Waals surface area contributed by atoms with E-state index in [9.17, 15) is 13.2 Å². The van der Waals surface area contributed by atoms with Crippen LogP contribution in [0.2, 0.25) is 10.0 Å². The van der Waals surface area contributed by atoms with Crippen molar-refractivity contribution in [3.05, 3.63) is 58.1 Å². The van der Waals surface area contributed by atoms with Crippen LogP contribution in [0.1, 0.15) is 10.4 Å². The Balaban J connectivity index is 2.35. The zero-order valence-corrected chi connectivity index (χ0v) is 12.7. The molecule has 2 N–H and O–H groups in total. The lowest BCUT2D eigenvalue weighted by Crippen LogP contribution is -2.13. The first-order valence-electron chi connectivity index (χ1n) is 5.61. The van der Waals surface area contributed by atoms with Crippen LogP contribution >= 0.6 is 23.2 Å². The highest BCUT2D eigenvalue weighted by atomic mass is 35.5. The van der Waals surface area contributed by atoms with Crippen molar-refractivity contribution in [1.29, 1.82) is 0 Å². The first-order chi connectivity index (χ1) is 9.79. The van der Waals surface area contributed by atoms with Crippen LogP contribution in [0.15, 0.2) is 47.4 Å². The van der Waals surface area contributed by atoms with Crippen molar-refractivity contribution in [2.75, 3.05) is 4.72 Å². The van der Waals surface area contributed by atoms with E-state index in [0.717, 1.165) is 0 Å². The topological polar surface area (TPSA) is 83.5 Å². The van der Waals surface area contributed by atoms with E-state index >= 15 is 0 Å². The van der Waals surface area contributed by atoms with Crippen molar-refractivity contribution < 1.29 is 18.3 Å². The Morgan fingerprint density at radius 1 is 1.10 bits per heavy atom. The summed E-state index contributed by atoms with van der Waals surface area (Å²) in [5, 5.41) is 9.10. The van der Waals surface area contributed by atoms with Gasteiger partial charge in [-0.1, -0.05) is 29.3 Å². The largest absolute Gasteiger partial charge is 0.478 e. The molecular weight excluding hydrogens is 337 g/mol. The predicted octanol–water partition coefficient (Wildman–Crippen LogP) is 3.49. The molecule has 0 fully saturated rings. The van der Waals surface area contributed by atoms with Crippen LogP contribution in [0.4, 0.5) is 5.69 Å². The molecule has 0 saturated carbocycles. The first kappa shape index (κ1) is 15.6. The number of carboxylic acids is 1. The second-order valence-electron chi connectivity index (χ2n) is 4.06. The average Bonchev–Trinajstić information content (AvgIpc) is 2.40. The SMILES string of the molecule is O=C(O)c1ccc(NS(=O)(=O)c2cccc(Cl)c2)c(Cl)c1. The number of carbonyl (C=O) groups is 1. The van der Waals surface area contributed by atoms with Crippen molar-refractivity contribution in [3.8, 4) is 0 Å². The smallest absolute Gasteiger partial charge is 0.335 e. The van der Waals surface area contributed by atoms with Gasteiger partial charge < -0.3 is 5.11 Å². The number of benzene rings is 2. The number of carboxylic acid groups (broad SMARTS) is 1. The summed E-state index contributed by atoms with van der Waals surface area (Å²) in [5.41, 5.74) is 0.0485. The van der Waals surface area contributed by atoms with Gasteiger partial charge in [-0.25, -0.2) is 13.2 Å². The number of sulfonamides is 1. The average molecular weight is 346 g/mol. The van der Waals surface area contributed by atoms with Crippen molar-refractivity contribution in [2.24, 2.45) is 0 Å². The second-order valence-corrected chi connectivity index (χ2v) is 6.59. The van der Waals surface area contributed by atoms with E-state index in [2.05, 4.69) is 4.72 Å². The van der Waals surface area contributed by atoms with Gasteiger partial charge in [-0.15, -0.1) is 0 Å². The summed E-state index contributed by atoms with van der Waals surface area (Å²) in [6, 6.07) is 9.44. The van der Waals surface area contributed by atoms with Gasteiger partial charge in [0, 0.05) is 5.02 Å². The van der Waals surface area contributed by atoms with Crippen LogP contribution in [0.25, 0.3) is 0 Å². The van der Waals surface area contributed by atoms with E-state index in [1.807, 2.05) is 0 Å². The fourth-order valence-corrected chi connectivity index (χ4v) is 3.23. The van der Waals surface area contributed by atoms with Gasteiger partial charge >= 0.3 is 5.97 Å². The molecular formula is C13H9Cl2NO4S. The number of halogens is 2. The summed E-state index contributed by atoms with van der Waals surface area (Å²) in [6.07, 6.45) is 0. The summed E-state index contributed by atoms with van der Waals surface area (Å²) in [7, 11) is -3.86. The molecule has 0 unspecified atom stereocenters. The molecule has 110 valence electrons. The van der Waals surface area contributed by atoms with Gasteiger partial charge in [0.05, 0.1) is 21.2 Å². The predicted molar refractivity (Wildman–Crippen MR) is 80.7 cm³/mol. The summed E-state index contributed by atoms with van der Waals surface area (Å²) in [6.45, 7) is 0. The van der Waals surface area contributed by atoms with Crippen LogP contribution in [0.5, 0.6) is 0 Å². The molecule has 2 rings (SSSR count). The van der Waals surface area contributed by atoms with Gasteiger partial charge in [-0.2, -0.15) is 0 Å². The number of hydrogen-bond acceptors (Lipinski definition) is 3. The molecule has 0 spiro atoms. The van der Waals surface area contributed by atoms with Crippen LogP contribution in [0, 0.1) is 0 Å². The molecule has 0 aromatic heterocycles. The molecule has 0 atom stereocenters. The Kier molecular flexibility index (Phi) is 4.41. The van der Waals surface area contributed by atoms with Crippen LogP contribution in [-0.2, 0) is 10.0 Å². The Labute approximate surface area is 131 Å². The lowest BCUT2D eigenvalue weighted by Gasteiger charge is -2.10. The fraction of sp³-hybridized carbons (Fsp3) is 0. The highest BCUT2D eigenvalue weighted by molar-refractivity contribution is 7.92. The number of rotatable bonds is 4. The van der Waals surface area contributed by atoms with E-state index < -0.39 is 16.0 Å². The lowest BCUT2D eigenvalue weighted by atomic mass is 10.2. The van der Waals surface area contributed by atoms with Gasteiger partial charge in [-0.3, -0.25) is 4.72 Å². The number of hydrogen-bond donors (Lipinski definition) is 2. The molecule has 0 bridgehead atoms. The molecule has 0 aliphatic carbocycles. The molecule has 0 aliphatic heterocycles. The summed E-state index contributed by atoms with van der Waals surface area (Å²) >= 11 is 11.6. The summed E-state index contributed by atoms with van der Waals surface area (Å²) in [5.74, 6) is -1.15. The van der Waals surface area contributed by atoms with E-state index in [4.69, 9.17) is 28.3 Å². The van der Waals surface area contributed by atoms with E-state index in [-0.39, 0.29) is 26.2 Å². The van der Waals surface area contributed by atoms with E-state index in [1.165, 1.54) is 36.4 Å². The molecule has 0 aliphatic rings. The van der Waals surface area contributed by atoms with Gasteiger partial charge in [0.2, 0.25) is 0 Å². The van der Waals surface area contributed by atoms with Crippen molar-refractivity contribution in [1.82, 2.24) is 0 Å². The van der Waals surface area contributed by atoms with Crippen LogP contribution in [-0.4, -0.2) is 19.5 Å². The Morgan fingerprint density at radius 2 is 1.81 bits per heavy atom. The fourth-order valence-electron chi connectivity index (χ4n) is 1.57. The minimum absolute atomic E-state index is 0.0134. The van der Waals surface area contributed by atoms with Crippen molar-refractivity contribution in [2.45, 2.75) is 4.90 Å². The molecule has 2 aromatic rings. The Morgan fingerprint density at radius 3 is 2.38 bits per heavy atom. The highest BCUT2D eigenvalue weighted by Gasteiger charge is 2.17. The van der Waals surface area contributed by atoms with Gasteiger partial charge in [0.15, 0.2) is 0 Å². The van der Waals surface area contributed by atoms with Gasteiger partial charge in [0.25, 0.3) is 10.0 Å². The molecule has 21 heavy (non-hydrogen) atoms. The Bertz CT molecular complexity index is 806. The summed E-state index contributed by atoms with van der Waals surface area (Å²) in [4.78, 5) is 10.8. The number of nitrogens with one attached hydrogen (secondary N) is 1. The lowest BCUT2D eigenvalue weighted by molar-refractivity contribution is 0.0697. The molecule has 0 heterocycles. The summed E-state index contributed by atoms with van der Waals surface area (Å²) < 4.78 is 26.6. The van der Waals surface area contributed by atoms with Gasteiger partial charge in [-0.05, 0) is 36.4 Å². The molecule has 8 heteroatoms. The quantitative estimate of drug-likeness (QED) is 0.888. The molecule has 0 amide bonds. The minimum atomic E-state index is -3.86. The zero-order chi connectivity index (χ0) is 15.6. The third-order valence-electron chi connectivity index (χ3n) is 2.57. The Hall–Kier alpha value is -1.76. The third kappa shape index (κ3) is 3.66. The van der Waals surface area contributed by atoms with Gasteiger partial charge in [0.1, 0.15) is 0 Å². The number of aromatic carboxylic acids is 1. The monoisotopic (exact) mass is 345 g/mol. The maximum atomic E-state index is 12.2. The van der Waals surface area contributed by atoms with Crippen molar-refractivity contribution in [3.63, 3.8) is 0 Å². The zero-order valence-electron chi connectivity index (χ0n) is 10.4. The van der Waals surface area contributed by atoms with Crippen LogP contribution in [0.3, 0.4) is 0 Å². The molecule has 0 saturated heterocycles. The molecule has 0 radical (unpaired) electrons. The van der Waals surface area contributed by atoms with Crippen LogP contribution < -0.4 is 4.72 Å². The normalized spacial score (nSPS) is 11.1.